The van der Waals surface area contributed by atoms with E-state index in [4.69, 9.17) is 0 Å². The number of hydrogen-bond acceptors (Lipinski definition) is 3. The van der Waals surface area contributed by atoms with Crippen LogP contribution in [0.3, 0.4) is 0 Å². The Bertz CT molecular complexity index is 720. The van der Waals surface area contributed by atoms with E-state index >= 15 is 0 Å². The fourth-order valence-corrected chi connectivity index (χ4v) is 2.88. The zero-order valence-electron chi connectivity index (χ0n) is 15.6. The molecule has 154 valence electrons. The van der Waals surface area contributed by atoms with E-state index in [0.717, 1.165) is 0 Å². The van der Waals surface area contributed by atoms with Crippen LogP contribution in [0.1, 0.15) is 37.0 Å². The molecule has 0 bridgehead atoms. The molecule has 1 aliphatic rings. The van der Waals surface area contributed by atoms with Crippen molar-refractivity contribution >= 4 is 23.5 Å². The maximum Gasteiger partial charge on any atom is 0.405 e. The van der Waals surface area contributed by atoms with Crippen molar-refractivity contribution < 1.29 is 27.6 Å². The highest BCUT2D eigenvalue weighted by Gasteiger charge is 2.36. The zero-order valence-corrected chi connectivity index (χ0v) is 15.6. The van der Waals surface area contributed by atoms with E-state index in [9.17, 15) is 27.6 Å². The van der Waals surface area contributed by atoms with Gasteiger partial charge in [-0.3, -0.25) is 9.59 Å². The van der Waals surface area contributed by atoms with Crippen molar-refractivity contribution in [1.29, 1.82) is 0 Å². The van der Waals surface area contributed by atoms with Crippen molar-refractivity contribution in [3.63, 3.8) is 0 Å². The monoisotopic (exact) mass is 400 g/mol. The molecule has 10 heteroatoms. The number of hydrogen-bond donors (Lipinski definition) is 3. The van der Waals surface area contributed by atoms with Gasteiger partial charge in [-0.15, -0.1) is 0 Å². The van der Waals surface area contributed by atoms with E-state index in [-0.39, 0.29) is 17.6 Å². The number of anilines is 1. The maximum absolute atomic E-state index is 12.7. The molecule has 4 amide bonds. The summed E-state index contributed by atoms with van der Waals surface area (Å²) in [5, 5.41) is 7.12. The van der Waals surface area contributed by atoms with Gasteiger partial charge in [0.25, 0.3) is 5.91 Å². The van der Waals surface area contributed by atoms with Gasteiger partial charge in [0, 0.05) is 23.8 Å². The highest BCUT2D eigenvalue weighted by Crippen LogP contribution is 2.22. The molecule has 0 spiro atoms. The Kier molecular flexibility index (Phi) is 6.87. The largest absolute Gasteiger partial charge is 0.405 e. The molecule has 0 aliphatic carbocycles. The van der Waals surface area contributed by atoms with Gasteiger partial charge in [0.1, 0.15) is 12.6 Å². The van der Waals surface area contributed by atoms with E-state index in [2.05, 4.69) is 10.6 Å². The van der Waals surface area contributed by atoms with E-state index in [1.165, 1.54) is 17.0 Å². The highest BCUT2D eigenvalue weighted by atomic mass is 19.4. The third-order valence-electron chi connectivity index (χ3n) is 4.09. The van der Waals surface area contributed by atoms with Gasteiger partial charge in [0.05, 0.1) is 0 Å². The first-order valence-electron chi connectivity index (χ1n) is 8.90. The fraction of sp³-hybridized carbons (Fsp3) is 0.500. The van der Waals surface area contributed by atoms with Crippen LogP contribution in [0.25, 0.3) is 0 Å². The Morgan fingerprint density at radius 3 is 2.39 bits per heavy atom. The van der Waals surface area contributed by atoms with Crippen molar-refractivity contribution in [2.45, 2.75) is 44.9 Å². The Balaban J connectivity index is 2.00. The average Bonchev–Trinajstić information content (AvgIpc) is 3.08. The minimum Gasteiger partial charge on any atom is -0.345 e. The summed E-state index contributed by atoms with van der Waals surface area (Å²) in [5.74, 6) is -1.25. The number of carbonyl (C=O) groups is 3. The number of nitrogens with one attached hydrogen (secondary N) is 3. The molecule has 2 rings (SSSR count). The number of alkyl halides is 3. The number of urea groups is 1. The van der Waals surface area contributed by atoms with Crippen molar-refractivity contribution in [3.05, 3.63) is 29.8 Å². The second-order valence-corrected chi connectivity index (χ2v) is 6.82. The number of likely N-dealkylation sites (tertiary alicyclic amines) is 1. The number of nitrogens with zero attached hydrogens (tertiary/aromatic N) is 1. The summed E-state index contributed by atoms with van der Waals surface area (Å²) in [4.78, 5) is 37.7. The van der Waals surface area contributed by atoms with Crippen LogP contribution in [0, 0.1) is 0 Å². The molecule has 1 aromatic carbocycles. The summed E-state index contributed by atoms with van der Waals surface area (Å²) in [6, 6.07) is 4.74. The Morgan fingerprint density at radius 1 is 1.18 bits per heavy atom. The van der Waals surface area contributed by atoms with Gasteiger partial charge in [0.15, 0.2) is 0 Å². The second kappa shape index (κ2) is 8.94. The molecule has 1 heterocycles. The lowest BCUT2D eigenvalue weighted by Gasteiger charge is -2.24. The van der Waals surface area contributed by atoms with Gasteiger partial charge in [-0.1, -0.05) is 0 Å². The number of benzene rings is 1. The molecule has 3 N–H and O–H groups in total. The molecule has 1 unspecified atom stereocenters. The van der Waals surface area contributed by atoms with Crippen molar-refractivity contribution in [2.75, 3.05) is 18.4 Å². The third-order valence-corrected chi connectivity index (χ3v) is 4.09. The normalized spacial score (nSPS) is 16.8. The van der Waals surface area contributed by atoms with Crippen LogP contribution in [0.2, 0.25) is 0 Å². The molecular formula is C18H23F3N4O3. The van der Waals surface area contributed by atoms with Crippen LogP contribution in [0.4, 0.5) is 23.7 Å². The maximum atomic E-state index is 12.7. The van der Waals surface area contributed by atoms with Crippen molar-refractivity contribution in [2.24, 2.45) is 0 Å². The van der Waals surface area contributed by atoms with Gasteiger partial charge >= 0.3 is 12.2 Å². The zero-order chi connectivity index (χ0) is 20.9. The predicted molar refractivity (Wildman–Crippen MR) is 96.9 cm³/mol. The number of rotatable bonds is 5. The minimum absolute atomic E-state index is 0.0311. The van der Waals surface area contributed by atoms with Crippen LogP contribution >= 0.6 is 0 Å². The molecule has 0 radical (unpaired) electrons. The van der Waals surface area contributed by atoms with Crippen LogP contribution in [-0.4, -0.2) is 54.1 Å². The molecule has 0 saturated carbocycles. The standard InChI is InChI=1S/C18H23F3N4O3/c1-11(2)23-17(28)24-13-7-5-12(6-8-13)16(27)25-9-3-4-14(25)15(26)22-10-18(19,20)21/h5-8,11,14H,3-4,9-10H2,1-2H3,(H,22,26)(H2,23,24,28). The third kappa shape index (κ3) is 6.14. The molecule has 7 nitrogen and oxygen atoms in total. The molecule has 1 fully saturated rings. The van der Waals surface area contributed by atoms with Crippen LogP contribution < -0.4 is 16.0 Å². The smallest absolute Gasteiger partial charge is 0.345 e. The van der Waals surface area contributed by atoms with Gasteiger partial charge in [-0.2, -0.15) is 13.2 Å². The number of amides is 4. The quantitative estimate of drug-likeness (QED) is 0.709. The first kappa shape index (κ1) is 21.5. The summed E-state index contributed by atoms with van der Waals surface area (Å²) in [5.41, 5.74) is 0.765. The highest BCUT2D eigenvalue weighted by molar-refractivity contribution is 5.98. The topological polar surface area (TPSA) is 90.5 Å². The van der Waals surface area contributed by atoms with E-state index < -0.39 is 30.6 Å². The first-order chi connectivity index (χ1) is 13.1. The second-order valence-electron chi connectivity index (χ2n) is 6.82. The van der Waals surface area contributed by atoms with Crippen LogP contribution in [-0.2, 0) is 4.79 Å². The summed E-state index contributed by atoms with van der Waals surface area (Å²) in [7, 11) is 0. The molecule has 1 atom stereocenters. The van der Waals surface area contributed by atoms with E-state index in [1.54, 1.807) is 12.1 Å². The fourth-order valence-electron chi connectivity index (χ4n) is 2.88. The lowest BCUT2D eigenvalue weighted by Crippen LogP contribution is -2.48. The molecule has 1 saturated heterocycles. The van der Waals surface area contributed by atoms with E-state index in [0.29, 0.717) is 25.1 Å². The summed E-state index contributed by atoms with van der Waals surface area (Å²) < 4.78 is 36.9. The molecule has 1 aliphatic heterocycles. The van der Waals surface area contributed by atoms with Crippen LogP contribution in [0.5, 0.6) is 0 Å². The number of carbonyl (C=O) groups excluding carboxylic acids is 3. The predicted octanol–water partition coefficient (Wildman–Crippen LogP) is 2.50. The van der Waals surface area contributed by atoms with Crippen molar-refractivity contribution in [1.82, 2.24) is 15.5 Å². The van der Waals surface area contributed by atoms with Crippen LogP contribution in [0.15, 0.2) is 24.3 Å². The van der Waals surface area contributed by atoms with Gasteiger partial charge in [-0.25, -0.2) is 4.79 Å². The van der Waals surface area contributed by atoms with Gasteiger partial charge in [0.2, 0.25) is 5.91 Å². The SMILES string of the molecule is CC(C)NC(=O)Nc1ccc(C(=O)N2CCCC2C(=O)NCC(F)(F)F)cc1. The first-order valence-corrected chi connectivity index (χ1v) is 8.90. The molecule has 1 aromatic rings. The van der Waals surface area contributed by atoms with Gasteiger partial charge in [-0.05, 0) is 51.0 Å². The lowest BCUT2D eigenvalue weighted by atomic mass is 10.1. The average molecular weight is 400 g/mol. The Labute approximate surface area is 160 Å². The molecule has 28 heavy (non-hydrogen) atoms. The molecular weight excluding hydrogens is 377 g/mol. The van der Waals surface area contributed by atoms with Crippen molar-refractivity contribution in [3.8, 4) is 0 Å². The molecule has 0 aromatic heterocycles. The summed E-state index contributed by atoms with van der Waals surface area (Å²) in [6.07, 6.45) is -3.66. The number of halogens is 3. The minimum atomic E-state index is -4.51. The Hall–Kier alpha value is -2.78. The Morgan fingerprint density at radius 2 is 1.82 bits per heavy atom. The summed E-state index contributed by atoms with van der Waals surface area (Å²) in [6.45, 7) is 2.50. The lowest BCUT2D eigenvalue weighted by molar-refractivity contribution is -0.140. The summed E-state index contributed by atoms with van der Waals surface area (Å²) >= 11 is 0. The van der Waals surface area contributed by atoms with Gasteiger partial charge < -0.3 is 20.9 Å². The van der Waals surface area contributed by atoms with E-state index in [1.807, 2.05) is 19.2 Å².